The number of nitrogens with zero attached hydrogens (tertiary/aromatic N) is 6. The van der Waals surface area contributed by atoms with Gasteiger partial charge in [0.1, 0.15) is 18.2 Å². The maximum absolute atomic E-state index is 13.7. The van der Waals surface area contributed by atoms with Gasteiger partial charge in [-0.15, -0.1) is 0 Å². The van der Waals surface area contributed by atoms with Crippen LogP contribution >= 0.6 is 0 Å². The summed E-state index contributed by atoms with van der Waals surface area (Å²) in [4.78, 5) is 23.3. The summed E-state index contributed by atoms with van der Waals surface area (Å²) in [6.45, 7) is 3.37. The van der Waals surface area contributed by atoms with Gasteiger partial charge in [0.05, 0.1) is 40.4 Å². The predicted molar refractivity (Wildman–Crippen MR) is 144 cm³/mol. The van der Waals surface area contributed by atoms with Gasteiger partial charge < -0.3 is 14.6 Å². The molecule has 0 radical (unpaired) electrons. The first-order valence-electron chi connectivity index (χ1n) is 13.0. The standard InChI is InChI=1S/C29H28FN7O/c1-2-3-15-31-29-32-16-14-24(35-29)28-27(19-8-10-20(30)11-9-19)36-25-13-12-21(37(25)28)18-38-26-17-33-22-6-4-5-7-23(22)34-26/h4-11,14,16-17,21H,2-3,12-13,15,18H2,1H3,(H,31,32,35). The van der Waals surface area contributed by atoms with Crippen molar-refractivity contribution in [2.24, 2.45) is 0 Å². The molecule has 3 aromatic heterocycles. The van der Waals surface area contributed by atoms with Crippen LogP contribution in [0.25, 0.3) is 33.7 Å². The molecule has 1 N–H and O–H groups in total. The van der Waals surface area contributed by atoms with Crippen LogP contribution in [0.3, 0.4) is 0 Å². The van der Waals surface area contributed by atoms with E-state index in [-0.39, 0.29) is 11.9 Å². The summed E-state index contributed by atoms with van der Waals surface area (Å²) < 4.78 is 22.1. The Morgan fingerprint density at radius 1 is 1.00 bits per heavy atom. The summed E-state index contributed by atoms with van der Waals surface area (Å²) in [5.74, 6) is 1.74. The van der Waals surface area contributed by atoms with E-state index in [1.807, 2.05) is 30.3 Å². The molecule has 2 aromatic carbocycles. The van der Waals surface area contributed by atoms with Crippen molar-refractivity contribution in [3.05, 3.63) is 78.6 Å². The summed E-state index contributed by atoms with van der Waals surface area (Å²) in [5, 5.41) is 3.31. The van der Waals surface area contributed by atoms with E-state index < -0.39 is 0 Å². The van der Waals surface area contributed by atoms with Crippen molar-refractivity contribution in [3.63, 3.8) is 0 Å². The highest BCUT2D eigenvalue weighted by Gasteiger charge is 2.31. The number of halogens is 1. The quantitative estimate of drug-likeness (QED) is 0.249. The van der Waals surface area contributed by atoms with Gasteiger partial charge in [0.2, 0.25) is 11.8 Å². The highest BCUT2D eigenvalue weighted by atomic mass is 19.1. The van der Waals surface area contributed by atoms with Gasteiger partial charge in [-0.05, 0) is 55.3 Å². The summed E-state index contributed by atoms with van der Waals surface area (Å²) in [7, 11) is 0. The third-order valence-corrected chi connectivity index (χ3v) is 6.73. The first-order valence-corrected chi connectivity index (χ1v) is 13.0. The monoisotopic (exact) mass is 509 g/mol. The van der Waals surface area contributed by atoms with E-state index in [1.54, 1.807) is 24.5 Å². The second-order valence-corrected chi connectivity index (χ2v) is 9.35. The number of hydrogen-bond donors (Lipinski definition) is 1. The van der Waals surface area contributed by atoms with E-state index in [2.05, 4.69) is 31.8 Å². The molecular formula is C29H28FN7O. The number of para-hydroxylation sites is 2. The number of fused-ring (bicyclic) bond motifs is 2. The molecule has 0 saturated heterocycles. The van der Waals surface area contributed by atoms with Gasteiger partial charge in [0, 0.05) is 24.7 Å². The van der Waals surface area contributed by atoms with E-state index in [1.165, 1.54) is 12.1 Å². The molecule has 0 bridgehead atoms. The van der Waals surface area contributed by atoms with Crippen LogP contribution in [0.5, 0.6) is 5.88 Å². The Hall–Kier alpha value is -4.40. The molecule has 38 heavy (non-hydrogen) atoms. The number of ether oxygens (including phenoxy) is 1. The molecule has 0 aliphatic carbocycles. The molecule has 0 fully saturated rings. The molecule has 1 aliphatic rings. The van der Waals surface area contributed by atoms with E-state index >= 15 is 0 Å². The van der Waals surface area contributed by atoms with E-state index in [0.29, 0.717) is 18.4 Å². The van der Waals surface area contributed by atoms with Crippen LogP contribution in [-0.2, 0) is 6.42 Å². The van der Waals surface area contributed by atoms with Crippen molar-refractivity contribution < 1.29 is 9.13 Å². The number of benzene rings is 2. The number of hydrogen-bond acceptors (Lipinski definition) is 7. The maximum Gasteiger partial charge on any atom is 0.232 e. The van der Waals surface area contributed by atoms with E-state index in [4.69, 9.17) is 14.7 Å². The first-order chi connectivity index (χ1) is 18.7. The molecule has 4 heterocycles. The largest absolute Gasteiger partial charge is 0.474 e. The number of anilines is 1. The smallest absolute Gasteiger partial charge is 0.232 e. The van der Waals surface area contributed by atoms with Crippen molar-refractivity contribution in [2.75, 3.05) is 18.5 Å². The predicted octanol–water partition coefficient (Wildman–Crippen LogP) is 5.87. The van der Waals surface area contributed by atoms with Gasteiger partial charge in [0.15, 0.2) is 0 Å². The zero-order valence-corrected chi connectivity index (χ0v) is 21.1. The van der Waals surface area contributed by atoms with Crippen LogP contribution in [0.4, 0.5) is 10.3 Å². The lowest BCUT2D eigenvalue weighted by Crippen LogP contribution is -2.16. The van der Waals surface area contributed by atoms with Crippen molar-refractivity contribution >= 4 is 17.0 Å². The molecule has 9 heteroatoms. The fraction of sp³-hybridized carbons (Fsp3) is 0.276. The van der Waals surface area contributed by atoms with Gasteiger partial charge in [-0.25, -0.2) is 29.3 Å². The highest BCUT2D eigenvalue weighted by molar-refractivity contribution is 5.78. The van der Waals surface area contributed by atoms with Gasteiger partial charge in [-0.2, -0.15) is 0 Å². The maximum atomic E-state index is 13.7. The fourth-order valence-electron chi connectivity index (χ4n) is 4.83. The molecule has 0 amide bonds. The van der Waals surface area contributed by atoms with Gasteiger partial charge in [-0.3, -0.25) is 0 Å². The number of rotatable bonds is 9. The van der Waals surface area contributed by atoms with Crippen LogP contribution in [0.1, 0.15) is 38.1 Å². The number of unbranched alkanes of at least 4 members (excludes halogenated alkanes) is 1. The molecule has 1 atom stereocenters. The van der Waals surface area contributed by atoms with Crippen molar-refractivity contribution in [3.8, 4) is 28.5 Å². The van der Waals surface area contributed by atoms with Crippen LogP contribution in [-0.4, -0.2) is 42.6 Å². The van der Waals surface area contributed by atoms with Crippen LogP contribution in [0.15, 0.2) is 67.0 Å². The Morgan fingerprint density at radius 2 is 1.84 bits per heavy atom. The molecule has 5 aromatic rings. The SMILES string of the molecule is CCCCNc1nccc(-c2c(-c3ccc(F)cc3)nc3n2C(COc2cnc4ccccc4n2)CC3)n1. The van der Waals surface area contributed by atoms with Crippen LogP contribution < -0.4 is 10.1 Å². The van der Waals surface area contributed by atoms with E-state index in [0.717, 1.165) is 71.7 Å². The van der Waals surface area contributed by atoms with Crippen molar-refractivity contribution in [1.29, 1.82) is 0 Å². The first kappa shape index (κ1) is 24.0. The Bertz CT molecular complexity index is 1570. The summed E-state index contributed by atoms with van der Waals surface area (Å²) in [5.41, 5.74) is 4.87. The average molecular weight is 510 g/mol. The molecule has 0 spiro atoms. The second-order valence-electron chi connectivity index (χ2n) is 9.35. The molecule has 0 saturated carbocycles. The number of aromatic nitrogens is 6. The molecule has 192 valence electrons. The number of aryl methyl sites for hydroxylation is 1. The minimum Gasteiger partial charge on any atom is -0.474 e. The average Bonchev–Trinajstić information content (AvgIpc) is 3.52. The summed E-state index contributed by atoms with van der Waals surface area (Å²) >= 11 is 0. The number of nitrogens with one attached hydrogen (secondary N) is 1. The number of imidazole rings is 1. The lowest BCUT2D eigenvalue weighted by molar-refractivity contribution is 0.247. The Labute approximate surface area is 220 Å². The summed E-state index contributed by atoms with van der Waals surface area (Å²) in [6, 6.07) is 16.1. The van der Waals surface area contributed by atoms with E-state index in [9.17, 15) is 4.39 Å². The van der Waals surface area contributed by atoms with Gasteiger partial charge >= 0.3 is 0 Å². The molecule has 1 aliphatic heterocycles. The molecular weight excluding hydrogens is 481 g/mol. The second kappa shape index (κ2) is 10.5. The van der Waals surface area contributed by atoms with Gasteiger partial charge in [0.25, 0.3) is 0 Å². The molecule has 8 nitrogen and oxygen atoms in total. The molecule has 6 rings (SSSR count). The third-order valence-electron chi connectivity index (χ3n) is 6.73. The van der Waals surface area contributed by atoms with Crippen molar-refractivity contribution in [2.45, 2.75) is 38.6 Å². The summed E-state index contributed by atoms with van der Waals surface area (Å²) in [6.07, 6.45) is 7.23. The Morgan fingerprint density at radius 3 is 2.68 bits per heavy atom. The zero-order chi connectivity index (χ0) is 25.9. The van der Waals surface area contributed by atoms with Crippen LogP contribution in [0, 0.1) is 5.82 Å². The topological polar surface area (TPSA) is 90.6 Å². The minimum absolute atomic E-state index is 0.0291. The lowest BCUT2D eigenvalue weighted by atomic mass is 10.1. The normalized spacial score (nSPS) is 14.5. The minimum atomic E-state index is -0.283. The van der Waals surface area contributed by atoms with Crippen molar-refractivity contribution in [1.82, 2.24) is 29.5 Å². The van der Waals surface area contributed by atoms with Crippen LogP contribution in [0.2, 0.25) is 0 Å². The Balaban J connectivity index is 1.35. The third kappa shape index (κ3) is 4.79. The fourth-order valence-corrected chi connectivity index (χ4v) is 4.83. The molecule has 1 unspecified atom stereocenters. The zero-order valence-electron chi connectivity index (χ0n) is 21.1. The lowest BCUT2D eigenvalue weighted by Gasteiger charge is -2.18. The Kier molecular flexibility index (Phi) is 6.64. The highest BCUT2D eigenvalue weighted by Crippen LogP contribution is 2.39. The van der Waals surface area contributed by atoms with Gasteiger partial charge in [-0.1, -0.05) is 25.5 Å².